The van der Waals surface area contributed by atoms with E-state index in [0.717, 1.165) is 17.3 Å². The lowest BCUT2D eigenvalue weighted by molar-refractivity contribution is 0.103. The Morgan fingerprint density at radius 1 is 1.06 bits per heavy atom. The molecule has 0 bridgehead atoms. The Morgan fingerprint density at radius 2 is 1.83 bits per heavy atom. The Kier molecular flexibility index (Phi) is 3.00. The van der Waals surface area contributed by atoms with Gasteiger partial charge in [0, 0.05) is 15.6 Å². The normalized spacial score (nSPS) is 12.8. The van der Waals surface area contributed by atoms with Crippen molar-refractivity contribution < 1.29 is 4.79 Å². The quantitative estimate of drug-likeness (QED) is 0.748. The van der Waals surface area contributed by atoms with E-state index in [9.17, 15) is 4.79 Å². The fraction of sp³-hybridized carbons (Fsp3) is 0.133. The van der Waals surface area contributed by atoms with Crippen LogP contribution in [0.2, 0.25) is 5.02 Å². The molecular formula is C15H10BrClO. The minimum absolute atomic E-state index is 0.0176. The van der Waals surface area contributed by atoms with Crippen LogP contribution in [0.3, 0.4) is 0 Å². The lowest BCUT2D eigenvalue weighted by Gasteiger charge is -2.19. The maximum atomic E-state index is 12.4. The van der Waals surface area contributed by atoms with E-state index in [-0.39, 0.29) is 5.78 Å². The van der Waals surface area contributed by atoms with Gasteiger partial charge in [0.25, 0.3) is 0 Å². The molecule has 3 heteroatoms. The van der Waals surface area contributed by atoms with Gasteiger partial charge in [0.1, 0.15) is 0 Å². The molecule has 0 aliphatic heterocycles. The zero-order valence-corrected chi connectivity index (χ0v) is 11.9. The van der Waals surface area contributed by atoms with Gasteiger partial charge in [-0.1, -0.05) is 39.7 Å². The minimum Gasteiger partial charge on any atom is -0.289 e. The first-order valence-corrected chi connectivity index (χ1v) is 6.94. The third-order valence-corrected chi connectivity index (χ3v) is 4.13. The van der Waals surface area contributed by atoms with Gasteiger partial charge in [0.05, 0.1) is 5.02 Å². The second kappa shape index (κ2) is 4.52. The fourth-order valence-electron chi connectivity index (χ4n) is 2.16. The van der Waals surface area contributed by atoms with Crippen LogP contribution >= 0.6 is 27.5 Å². The lowest BCUT2D eigenvalue weighted by atomic mass is 9.86. The standard InChI is InChI=1S/C15H10BrClO/c16-12-5-6-14(17)13(8-12)15(18)11-4-2-9-1-3-10(9)7-11/h2,4-8H,1,3H2. The van der Waals surface area contributed by atoms with Crippen molar-refractivity contribution in [1.29, 1.82) is 0 Å². The Hall–Kier alpha value is -1.12. The fourth-order valence-corrected chi connectivity index (χ4v) is 2.73. The predicted molar refractivity (Wildman–Crippen MR) is 76.4 cm³/mol. The number of hydrogen-bond acceptors (Lipinski definition) is 1. The van der Waals surface area contributed by atoms with Gasteiger partial charge in [-0.2, -0.15) is 0 Å². The predicted octanol–water partition coefficient (Wildman–Crippen LogP) is 4.43. The van der Waals surface area contributed by atoms with Gasteiger partial charge in [-0.25, -0.2) is 0 Å². The van der Waals surface area contributed by atoms with Crippen LogP contribution < -0.4 is 0 Å². The number of aryl methyl sites for hydroxylation is 2. The molecule has 1 nitrogen and oxygen atoms in total. The second-order valence-electron chi connectivity index (χ2n) is 4.44. The number of carbonyl (C=O) groups excluding carboxylic acids is 1. The number of ketones is 1. The first kappa shape index (κ1) is 11.9. The molecule has 0 saturated heterocycles. The molecule has 0 radical (unpaired) electrons. The van der Waals surface area contributed by atoms with Crippen LogP contribution in [0.25, 0.3) is 0 Å². The van der Waals surface area contributed by atoms with E-state index in [1.165, 1.54) is 11.1 Å². The van der Waals surface area contributed by atoms with Crippen molar-refractivity contribution in [2.24, 2.45) is 0 Å². The van der Waals surface area contributed by atoms with Crippen LogP contribution in [0.15, 0.2) is 40.9 Å². The highest BCUT2D eigenvalue weighted by Crippen LogP contribution is 2.27. The number of carbonyl (C=O) groups is 1. The van der Waals surface area contributed by atoms with Crippen LogP contribution in [0.4, 0.5) is 0 Å². The van der Waals surface area contributed by atoms with E-state index in [2.05, 4.69) is 15.9 Å². The van der Waals surface area contributed by atoms with Crippen molar-refractivity contribution in [2.75, 3.05) is 0 Å². The first-order valence-electron chi connectivity index (χ1n) is 5.77. The molecule has 0 spiro atoms. The van der Waals surface area contributed by atoms with Crippen LogP contribution in [0, 0.1) is 0 Å². The SMILES string of the molecule is O=C(c1ccc2c(c1)CC2)c1cc(Br)ccc1Cl. The summed E-state index contributed by atoms with van der Waals surface area (Å²) >= 11 is 9.45. The first-order chi connectivity index (χ1) is 8.65. The van der Waals surface area contributed by atoms with Crippen LogP contribution in [-0.4, -0.2) is 5.78 Å². The molecule has 0 N–H and O–H groups in total. The average molecular weight is 322 g/mol. The van der Waals surface area contributed by atoms with Crippen molar-refractivity contribution in [3.63, 3.8) is 0 Å². The van der Waals surface area contributed by atoms with E-state index in [0.29, 0.717) is 16.1 Å². The summed E-state index contributed by atoms with van der Waals surface area (Å²) in [5, 5.41) is 0.492. The summed E-state index contributed by atoms with van der Waals surface area (Å²) in [6.07, 6.45) is 2.20. The Balaban J connectivity index is 2.03. The zero-order chi connectivity index (χ0) is 12.7. The molecular weight excluding hydrogens is 312 g/mol. The molecule has 3 rings (SSSR count). The third-order valence-electron chi connectivity index (χ3n) is 3.31. The smallest absolute Gasteiger partial charge is 0.194 e. The maximum Gasteiger partial charge on any atom is 0.194 e. The molecule has 1 aliphatic carbocycles. The van der Waals surface area contributed by atoms with Crippen molar-refractivity contribution in [3.8, 4) is 0 Å². The summed E-state index contributed by atoms with van der Waals surface area (Å²) in [5.41, 5.74) is 3.90. The molecule has 0 amide bonds. The molecule has 90 valence electrons. The van der Waals surface area contributed by atoms with Gasteiger partial charge in [-0.3, -0.25) is 4.79 Å². The monoisotopic (exact) mass is 320 g/mol. The molecule has 0 unspecified atom stereocenters. The molecule has 0 heterocycles. The van der Waals surface area contributed by atoms with Crippen LogP contribution in [0.1, 0.15) is 27.0 Å². The van der Waals surface area contributed by atoms with Crippen molar-refractivity contribution >= 4 is 33.3 Å². The van der Waals surface area contributed by atoms with Gasteiger partial charge < -0.3 is 0 Å². The molecule has 1 aliphatic rings. The van der Waals surface area contributed by atoms with Gasteiger partial charge in [0.2, 0.25) is 0 Å². The van der Waals surface area contributed by atoms with E-state index in [1.54, 1.807) is 12.1 Å². The zero-order valence-electron chi connectivity index (χ0n) is 9.54. The number of hydrogen-bond donors (Lipinski definition) is 0. The van der Waals surface area contributed by atoms with Crippen molar-refractivity contribution in [1.82, 2.24) is 0 Å². The molecule has 0 saturated carbocycles. The van der Waals surface area contributed by atoms with Gasteiger partial charge in [-0.05, 0) is 48.2 Å². The highest BCUT2D eigenvalue weighted by Gasteiger charge is 2.18. The van der Waals surface area contributed by atoms with E-state index in [1.807, 2.05) is 24.3 Å². The topological polar surface area (TPSA) is 17.1 Å². The Labute approximate surface area is 119 Å². The summed E-state index contributed by atoms with van der Waals surface area (Å²) in [6, 6.07) is 11.2. The highest BCUT2D eigenvalue weighted by molar-refractivity contribution is 9.10. The number of fused-ring (bicyclic) bond motifs is 1. The molecule has 2 aromatic carbocycles. The molecule has 18 heavy (non-hydrogen) atoms. The number of halogens is 2. The van der Waals surface area contributed by atoms with E-state index in [4.69, 9.17) is 11.6 Å². The Morgan fingerprint density at radius 3 is 2.50 bits per heavy atom. The summed E-state index contributed by atoms with van der Waals surface area (Å²) < 4.78 is 0.860. The number of benzene rings is 2. The maximum absolute atomic E-state index is 12.4. The summed E-state index contributed by atoms with van der Waals surface area (Å²) in [7, 11) is 0. The highest BCUT2D eigenvalue weighted by atomic mass is 79.9. The molecule has 0 atom stereocenters. The summed E-state index contributed by atoms with van der Waals surface area (Å²) in [6.45, 7) is 0. The summed E-state index contributed by atoms with van der Waals surface area (Å²) in [4.78, 5) is 12.4. The van der Waals surface area contributed by atoms with Gasteiger partial charge in [0.15, 0.2) is 5.78 Å². The second-order valence-corrected chi connectivity index (χ2v) is 5.76. The van der Waals surface area contributed by atoms with E-state index >= 15 is 0 Å². The summed E-state index contributed by atoms with van der Waals surface area (Å²) in [5.74, 6) is -0.0176. The molecule has 0 aromatic heterocycles. The molecule has 2 aromatic rings. The van der Waals surface area contributed by atoms with Crippen LogP contribution in [-0.2, 0) is 12.8 Å². The van der Waals surface area contributed by atoms with Gasteiger partial charge >= 0.3 is 0 Å². The molecule has 0 fully saturated rings. The lowest BCUT2D eigenvalue weighted by Crippen LogP contribution is -2.11. The van der Waals surface area contributed by atoms with Crippen molar-refractivity contribution in [2.45, 2.75) is 12.8 Å². The third kappa shape index (κ3) is 2.00. The van der Waals surface area contributed by atoms with Crippen molar-refractivity contribution in [3.05, 3.63) is 68.1 Å². The van der Waals surface area contributed by atoms with Crippen LogP contribution in [0.5, 0.6) is 0 Å². The van der Waals surface area contributed by atoms with E-state index < -0.39 is 0 Å². The Bertz CT molecular complexity index is 649. The van der Waals surface area contributed by atoms with Gasteiger partial charge in [-0.15, -0.1) is 0 Å². The largest absolute Gasteiger partial charge is 0.289 e. The number of rotatable bonds is 2. The average Bonchev–Trinajstić information content (AvgIpc) is 2.33. The minimum atomic E-state index is -0.0176.